The smallest absolute Gasteiger partial charge is 0.336 e. The average Bonchev–Trinajstić information content (AvgIpc) is 2.58. The van der Waals surface area contributed by atoms with E-state index in [0.717, 1.165) is 18.2 Å². The van der Waals surface area contributed by atoms with Crippen molar-refractivity contribution in [2.45, 2.75) is 52.2 Å². The minimum Gasteiger partial charge on any atom is -0.481 e. The maximum absolute atomic E-state index is 12.5. The van der Waals surface area contributed by atoms with Crippen molar-refractivity contribution in [3.63, 3.8) is 0 Å². The van der Waals surface area contributed by atoms with E-state index in [4.69, 9.17) is 9.15 Å². The van der Waals surface area contributed by atoms with E-state index in [1.165, 1.54) is 12.5 Å². The second-order valence-electron chi connectivity index (χ2n) is 7.10. The van der Waals surface area contributed by atoms with Crippen LogP contribution in [0.15, 0.2) is 39.5 Å². The van der Waals surface area contributed by atoms with Gasteiger partial charge in [0.25, 0.3) is 5.91 Å². The zero-order valence-corrected chi connectivity index (χ0v) is 15.0. The SMILES string of the molecule is C[C@@H]1[C@H](C)CCC[C@H]1NC(=O)[C@@H](C)Oc1ccc2ccc(=O)oc2c1. The third kappa shape index (κ3) is 4.03. The predicted octanol–water partition coefficient (Wildman–Crippen LogP) is 3.50. The van der Waals surface area contributed by atoms with Crippen molar-refractivity contribution in [1.82, 2.24) is 5.32 Å². The van der Waals surface area contributed by atoms with Gasteiger partial charge >= 0.3 is 5.63 Å². The third-order valence-corrected chi connectivity index (χ3v) is 5.31. The highest BCUT2D eigenvalue weighted by atomic mass is 16.5. The van der Waals surface area contributed by atoms with Gasteiger partial charge in [-0.15, -0.1) is 0 Å². The van der Waals surface area contributed by atoms with Gasteiger partial charge in [-0.2, -0.15) is 0 Å². The van der Waals surface area contributed by atoms with Crippen LogP contribution < -0.4 is 15.7 Å². The molecule has 1 saturated carbocycles. The topological polar surface area (TPSA) is 68.5 Å². The van der Waals surface area contributed by atoms with Gasteiger partial charge in [0.15, 0.2) is 6.10 Å². The molecule has 1 fully saturated rings. The second-order valence-corrected chi connectivity index (χ2v) is 7.10. The molecule has 1 aromatic carbocycles. The number of benzene rings is 1. The minimum atomic E-state index is -0.614. The van der Waals surface area contributed by atoms with Crippen molar-refractivity contribution < 1.29 is 13.9 Å². The van der Waals surface area contributed by atoms with Crippen molar-refractivity contribution >= 4 is 16.9 Å². The van der Waals surface area contributed by atoms with Crippen LogP contribution in [0.5, 0.6) is 5.75 Å². The zero-order valence-electron chi connectivity index (χ0n) is 15.0. The van der Waals surface area contributed by atoms with Crippen LogP contribution in [0.3, 0.4) is 0 Å². The van der Waals surface area contributed by atoms with Gasteiger partial charge in [0, 0.05) is 23.6 Å². The fraction of sp³-hybridized carbons (Fsp3) is 0.500. The van der Waals surface area contributed by atoms with Gasteiger partial charge in [0.2, 0.25) is 0 Å². The van der Waals surface area contributed by atoms with Crippen LogP contribution in [0, 0.1) is 11.8 Å². The summed E-state index contributed by atoms with van der Waals surface area (Å²) in [6.07, 6.45) is 2.78. The van der Waals surface area contributed by atoms with Crippen LogP contribution in [0.1, 0.15) is 40.0 Å². The molecule has 0 unspecified atom stereocenters. The molecule has 0 saturated heterocycles. The van der Waals surface area contributed by atoms with Gasteiger partial charge in [-0.05, 0) is 43.4 Å². The van der Waals surface area contributed by atoms with Crippen molar-refractivity contribution in [2.75, 3.05) is 0 Å². The molecule has 4 atom stereocenters. The number of amides is 1. The Labute approximate surface area is 147 Å². The number of carbonyl (C=O) groups is 1. The van der Waals surface area contributed by atoms with Crippen molar-refractivity contribution in [1.29, 1.82) is 0 Å². The Morgan fingerprint density at radius 3 is 2.80 bits per heavy atom. The number of fused-ring (bicyclic) bond motifs is 1. The molecule has 0 radical (unpaired) electrons. The number of ether oxygens (including phenoxy) is 1. The number of hydrogen-bond donors (Lipinski definition) is 1. The fourth-order valence-electron chi connectivity index (χ4n) is 3.46. The van der Waals surface area contributed by atoms with Crippen LogP contribution in [0.25, 0.3) is 11.0 Å². The van der Waals surface area contributed by atoms with E-state index in [1.807, 2.05) is 6.07 Å². The Kier molecular flexibility index (Phi) is 5.11. The summed E-state index contributed by atoms with van der Waals surface area (Å²) < 4.78 is 10.9. The first-order valence-corrected chi connectivity index (χ1v) is 8.95. The summed E-state index contributed by atoms with van der Waals surface area (Å²) in [5.74, 6) is 1.49. The molecule has 5 heteroatoms. The third-order valence-electron chi connectivity index (χ3n) is 5.31. The van der Waals surface area contributed by atoms with Crippen molar-refractivity contribution in [3.05, 3.63) is 40.8 Å². The van der Waals surface area contributed by atoms with Crippen LogP contribution in [0.4, 0.5) is 0 Å². The Morgan fingerprint density at radius 2 is 2.00 bits per heavy atom. The van der Waals surface area contributed by atoms with Crippen molar-refractivity contribution in [3.8, 4) is 5.75 Å². The molecule has 1 N–H and O–H groups in total. The highest BCUT2D eigenvalue weighted by Gasteiger charge is 2.29. The van der Waals surface area contributed by atoms with Gasteiger partial charge in [0.1, 0.15) is 11.3 Å². The molecule has 1 aliphatic carbocycles. The Bertz CT molecular complexity index is 813. The number of nitrogens with one attached hydrogen (secondary N) is 1. The summed E-state index contributed by atoms with van der Waals surface area (Å²) in [6.45, 7) is 6.18. The van der Waals surface area contributed by atoms with Crippen molar-refractivity contribution in [2.24, 2.45) is 11.8 Å². The summed E-state index contributed by atoms with van der Waals surface area (Å²) in [5.41, 5.74) is 0.0446. The molecule has 3 rings (SSSR count). The summed E-state index contributed by atoms with van der Waals surface area (Å²) in [6, 6.07) is 8.52. The van der Waals surface area contributed by atoms with E-state index in [-0.39, 0.29) is 11.9 Å². The second kappa shape index (κ2) is 7.30. The van der Waals surface area contributed by atoms with E-state index in [1.54, 1.807) is 25.1 Å². The Morgan fingerprint density at radius 1 is 1.24 bits per heavy atom. The van der Waals surface area contributed by atoms with E-state index >= 15 is 0 Å². The maximum atomic E-state index is 12.5. The lowest BCUT2D eigenvalue weighted by atomic mass is 9.78. The lowest BCUT2D eigenvalue weighted by molar-refractivity contribution is -0.128. The van der Waals surface area contributed by atoms with Gasteiger partial charge in [0.05, 0.1) is 0 Å². The molecular formula is C20H25NO4. The molecule has 2 aromatic rings. The predicted molar refractivity (Wildman–Crippen MR) is 96.7 cm³/mol. The molecular weight excluding hydrogens is 318 g/mol. The largest absolute Gasteiger partial charge is 0.481 e. The molecule has 1 aromatic heterocycles. The molecule has 1 amide bonds. The number of hydrogen-bond acceptors (Lipinski definition) is 4. The first-order chi connectivity index (χ1) is 11.9. The van der Waals surface area contributed by atoms with E-state index < -0.39 is 11.7 Å². The highest BCUT2D eigenvalue weighted by Crippen LogP contribution is 2.29. The monoisotopic (exact) mass is 343 g/mol. The van der Waals surface area contributed by atoms with Crippen LogP contribution in [0.2, 0.25) is 0 Å². The summed E-state index contributed by atoms with van der Waals surface area (Å²) >= 11 is 0. The average molecular weight is 343 g/mol. The van der Waals surface area contributed by atoms with E-state index in [9.17, 15) is 9.59 Å². The molecule has 0 aliphatic heterocycles. The summed E-state index contributed by atoms with van der Waals surface area (Å²) in [5, 5.41) is 3.94. The fourth-order valence-corrected chi connectivity index (χ4v) is 3.46. The van der Waals surface area contributed by atoms with Gasteiger partial charge < -0.3 is 14.5 Å². The lowest BCUT2D eigenvalue weighted by Crippen LogP contribution is -2.48. The molecule has 1 heterocycles. The maximum Gasteiger partial charge on any atom is 0.336 e. The van der Waals surface area contributed by atoms with E-state index in [2.05, 4.69) is 19.2 Å². The lowest BCUT2D eigenvalue weighted by Gasteiger charge is -2.35. The summed E-state index contributed by atoms with van der Waals surface area (Å²) in [7, 11) is 0. The standard InChI is InChI=1S/C20H25NO4/c1-12-5-4-6-17(13(12)2)21-20(23)14(3)24-16-9-7-15-8-10-19(22)25-18(15)11-16/h7-14,17H,4-6H2,1-3H3,(H,21,23)/t12-,13-,14-,17-/m1/s1. The Hall–Kier alpha value is -2.30. The van der Waals surface area contributed by atoms with Gasteiger partial charge in [-0.1, -0.05) is 26.7 Å². The molecule has 0 bridgehead atoms. The molecule has 1 aliphatic rings. The van der Waals surface area contributed by atoms with Crippen LogP contribution in [-0.2, 0) is 4.79 Å². The quantitative estimate of drug-likeness (QED) is 0.863. The molecule has 0 spiro atoms. The molecule has 25 heavy (non-hydrogen) atoms. The highest BCUT2D eigenvalue weighted by molar-refractivity contribution is 5.81. The van der Waals surface area contributed by atoms with Gasteiger partial charge in [-0.3, -0.25) is 4.79 Å². The number of rotatable bonds is 4. The normalized spacial score (nSPS) is 24.7. The van der Waals surface area contributed by atoms with Gasteiger partial charge in [-0.25, -0.2) is 4.79 Å². The van der Waals surface area contributed by atoms with E-state index in [0.29, 0.717) is 23.2 Å². The summed E-state index contributed by atoms with van der Waals surface area (Å²) in [4.78, 5) is 23.8. The molecule has 5 nitrogen and oxygen atoms in total. The van der Waals surface area contributed by atoms with Crippen LogP contribution in [-0.4, -0.2) is 18.1 Å². The zero-order chi connectivity index (χ0) is 18.0. The number of carbonyl (C=O) groups excluding carboxylic acids is 1. The minimum absolute atomic E-state index is 0.111. The Balaban J connectivity index is 1.66. The first-order valence-electron chi connectivity index (χ1n) is 8.95. The van der Waals surface area contributed by atoms with Crippen LogP contribution >= 0.6 is 0 Å². The first kappa shape index (κ1) is 17.5. The molecule has 134 valence electrons.